The number of carbonyl (C=O) groups excluding carboxylic acids is 1. The number of aromatic nitrogens is 1. The Morgan fingerprint density at radius 2 is 2.00 bits per heavy atom. The maximum Gasteiger partial charge on any atom is 0.272 e. The third kappa shape index (κ3) is 2.83. The van der Waals surface area contributed by atoms with Gasteiger partial charge in [0.1, 0.15) is 5.69 Å². The lowest BCUT2D eigenvalue weighted by Crippen LogP contribution is -2.45. The molecule has 0 bridgehead atoms. The van der Waals surface area contributed by atoms with Crippen LogP contribution in [-0.2, 0) is 0 Å². The molecule has 1 aliphatic heterocycles. The number of pyridine rings is 1. The number of halogens is 1. The molecule has 1 saturated carbocycles. The Balaban J connectivity index is 1.69. The van der Waals surface area contributed by atoms with Gasteiger partial charge in [-0.3, -0.25) is 4.79 Å². The van der Waals surface area contributed by atoms with Crippen LogP contribution in [0.25, 0.3) is 0 Å². The summed E-state index contributed by atoms with van der Waals surface area (Å²) in [5, 5.41) is 0. The van der Waals surface area contributed by atoms with E-state index in [1.165, 1.54) is 32.1 Å². The van der Waals surface area contributed by atoms with E-state index in [0.29, 0.717) is 5.69 Å². The van der Waals surface area contributed by atoms with E-state index < -0.39 is 0 Å². The molecule has 3 nitrogen and oxygen atoms in total. The van der Waals surface area contributed by atoms with Gasteiger partial charge in [-0.05, 0) is 52.7 Å². The third-order valence-corrected chi connectivity index (χ3v) is 4.99. The van der Waals surface area contributed by atoms with Crippen LogP contribution in [0.4, 0.5) is 0 Å². The van der Waals surface area contributed by atoms with E-state index in [1.54, 1.807) is 12.3 Å². The maximum absolute atomic E-state index is 12.4. The Morgan fingerprint density at radius 1 is 1.21 bits per heavy atom. The quantitative estimate of drug-likeness (QED) is 0.792. The molecule has 1 aromatic rings. The van der Waals surface area contributed by atoms with Crippen LogP contribution < -0.4 is 0 Å². The Labute approximate surface area is 122 Å². The molecule has 2 atom stereocenters. The van der Waals surface area contributed by atoms with Crippen molar-refractivity contribution in [1.82, 2.24) is 9.88 Å². The van der Waals surface area contributed by atoms with Crippen molar-refractivity contribution in [3.8, 4) is 0 Å². The van der Waals surface area contributed by atoms with Crippen LogP contribution in [0.5, 0.6) is 0 Å². The lowest BCUT2D eigenvalue weighted by molar-refractivity contribution is 0.0515. The van der Waals surface area contributed by atoms with Crippen LogP contribution in [0, 0.1) is 11.8 Å². The van der Waals surface area contributed by atoms with Gasteiger partial charge in [0, 0.05) is 23.8 Å². The lowest BCUT2D eigenvalue weighted by atomic mass is 9.75. The Kier molecular flexibility index (Phi) is 3.87. The molecule has 0 spiro atoms. The number of rotatable bonds is 1. The van der Waals surface area contributed by atoms with Crippen molar-refractivity contribution >= 4 is 21.8 Å². The molecule has 1 amide bonds. The summed E-state index contributed by atoms with van der Waals surface area (Å²) in [5.74, 6) is 1.68. The highest BCUT2D eigenvalue weighted by Crippen LogP contribution is 2.36. The number of piperidine rings is 1. The predicted molar refractivity (Wildman–Crippen MR) is 77.9 cm³/mol. The van der Waals surface area contributed by atoms with E-state index in [9.17, 15) is 4.79 Å². The van der Waals surface area contributed by atoms with Gasteiger partial charge >= 0.3 is 0 Å². The Morgan fingerprint density at radius 3 is 2.74 bits per heavy atom. The van der Waals surface area contributed by atoms with Gasteiger partial charge in [-0.15, -0.1) is 0 Å². The summed E-state index contributed by atoms with van der Waals surface area (Å²) in [7, 11) is 0. The fraction of sp³-hybridized carbons (Fsp3) is 0.600. The number of carbonyl (C=O) groups is 1. The first-order valence-corrected chi connectivity index (χ1v) is 7.94. The molecule has 102 valence electrons. The SMILES string of the molecule is O=C(c1ccc(Br)cn1)N1CCC2CCCCC2C1. The molecular formula is C15H19BrN2O. The molecule has 2 heterocycles. The molecule has 1 aromatic heterocycles. The van der Waals surface area contributed by atoms with Crippen LogP contribution in [0.3, 0.4) is 0 Å². The largest absolute Gasteiger partial charge is 0.337 e. The average molecular weight is 323 g/mol. The molecule has 19 heavy (non-hydrogen) atoms. The molecule has 2 aliphatic rings. The molecule has 0 radical (unpaired) electrons. The highest BCUT2D eigenvalue weighted by molar-refractivity contribution is 9.10. The van der Waals surface area contributed by atoms with E-state index in [-0.39, 0.29) is 5.91 Å². The van der Waals surface area contributed by atoms with Gasteiger partial charge in [0.2, 0.25) is 0 Å². The molecule has 1 aliphatic carbocycles. The van der Waals surface area contributed by atoms with Crippen LogP contribution >= 0.6 is 15.9 Å². The van der Waals surface area contributed by atoms with Crippen LogP contribution in [0.2, 0.25) is 0 Å². The van der Waals surface area contributed by atoms with Crippen LogP contribution in [0.15, 0.2) is 22.8 Å². The lowest BCUT2D eigenvalue weighted by Gasteiger charge is -2.41. The summed E-state index contributed by atoms with van der Waals surface area (Å²) >= 11 is 3.35. The number of likely N-dealkylation sites (tertiary alicyclic amines) is 1. The number of fused-ring (bicyclic) bond motifs is 1. The highest BCUT2D eigenvalue weighted by atomic mass is 79.9. The molecular weight excluding hydrogens is 304 g/mol. The Hall–Kier alpha value is -0.900. The molecule has 2 fully saturated rings. The summed E-state index contributed by atoms with van der Waals surface area (Å²) in [6.07, 6.45) is 8.24. The number of amides is 1. The van der Waals surface area contributed by atoms with Gasteiger partial charge in [-0.1, -0.05) is 19.3 Å². The van der Waals surface area contributed by atoms with Gasteiger partial charge < -0.3 is 4.90 Å². The second kappa shape index (κ2) is 5.61. The molecule has 0 N–H and O–H groups in total. The maximum atomic E-state index is 12.4. The van der Waals surface area contributed by atoms with Gasteiger partial charge in [-0.25, -0.2) is 4.98 Å². The monoisotopic (exact) mass is 322 g/mol. The molecule has 0 aromatic carbocycles. The summed E-state index contributed by atoms with van der Waals surface area (Å²) in [6.45, 7) is 1.83. The summed E-state index contributed by atoms with van der Waals surface area (Å²) in [5.41, 5.74) is 0.567. The van der Waals surface area contributed by atoms with Gasteiger partial charge in [0.15, 0.2) is 0 Å². The minimum atomic E-state index is 0.0940. The molecule has 1 saturated heterocycles. The van der Waals surface area contributed by atoms with Gasteiger partial charge in [0.25, 0.3) is 5.91 Å². The molecule has 3 rings (SSSR count). The average Bonchev–Trinajstić information content (AvgIpc) is 2.47. The van der Waals surface area contributed by atoms with Crippen molar-refractivity contribution in [1.29, 1.82) is 0 Å². The van der Waals surface area contributed by atoms with Crippen molar-refractivity contribution in [2.24, 2.45) is 11.8 Å². The zero-order valence-corrected chi connectivity index (χ0v) is 12.6. The Bertz CT molecular complexity index is 460. The summed E-state index contributed by atoms with van der Waals surface area (Å²) in [6, 6.07) is 3.69. The van der Waals surface area contributed by atoms with Crippen molar-refractivity contribution in [2.45, 2.75) is 32.1 Å². The minimum absolute atomic E-state index is 0.0940. The van der Waals surface area contributed by atoms with E-state index in [2.05, 4.69) is 20.9 Å². The third-order valence-electron chi connectivity index (χ3n) is 4.52. The van der Waals surface area contributed by atoms with Gasteiger partial charge in [-0.2, -0.15) is 0 Å². The van der Waals surface area contributed by atoms with Crippen molar-refractivity contribution in [3.63, 3.8) is 0 Å². The minimum Gasteiger partial charge on any atom is -0.337 e. The first-order valence-electron chi connectivity index (χ1n) is 7.15. The predicted octanol–water partition coefficient (Wildman–Crippen LogP) is 3.50. The van der Waals surface area contributed by atoms with Crippen LogP contribution in [-0.4, -0.2) is 28.9 Å². The molecule has 4 heteroatoms. The first-order chi connectivity index (χ1) is 9.24. The topological polar surface area (TPSA) is 33.2 Å². The normalized spacial score (nSPS) is 26.9. The zero-order chi connectivity index (χ0) is 13.2. The highest BCUT2D eigenvalue weighted by Gasteiger charge is 2.33. The van der Waals surface area contributed by atoms with Crippen LogP contribution in [0.1, 0.15) is 42.6 Å². The standard InChI is InChI=1S/C15H19BrN2O/c16-13-5-6-14(17-9-13)15(19)18-8-7-11-3-1-2-4-12(11)10-18/h5-6,9,11-12H,1-4,7-8,10H2. The molecule has 2 unspecified atom stereocenters. The van der Waals surface area contributed by atoms with E-state index in [1.807, 2.05) is 11.0 Å². The summed E-state index contributed by atoms with van der Waals surface area (Å²) < 4.78 is 0.912. The number of hydrogen-bond donors (Lipinski definition) is 0. The van der Waals surface area contributed by atoms with Gasteiger partial charge in [0.05, 0.1) is 0 Å². The smallest absolute Gasteiger partial charge is 0.272 e. The van der Waals surface area contributed by atoms with Crippen molar-refractivity contribution < 1.29 is 4.79 Å². The van der Waals surface area contributed by atoms with E-state index in [4.69, 9.17) is 0 Å². The number of nitrogens with zero attached hydrogens (tertiary/aromatic N) is 2. The fourth-order valence-electron chi connectivity index (χ4n) is 3.45. The van der Waals surface area contributed by atoms with E-state index >= 15 is 0 Å². The fourth-order valence-corrected chi connectivity index (χ4v) is 3.68. The zero-order valence-electron chi connectivity index (χ0n) is 11.0. The summed E-state index contributed by atoms with van der Waals surface area (Å²) in [4.78, 5) is 18.7. The number of hydrogen-bond acceptors (Lipinski definition) is 2. The van der Waals surface area contributed by atoms with Crippen molar-refractivity contribution in [2.75, 3.05) is 13.1 Å². The second-order valence-electron chi connectivity index (χ2n) is 5.71. The van der Waals surface area contributed by atoms with E-state index in [0.717, 1.165) is 29.4 Å². The second-order valence-corrected chi connectivity index (χ2v) is 6.62. The van der Waals surface area contributed by atoms with Crippen molar-refractivity contribution in [3.05, 3.63) is 28.5 Å². The first kappa shape index (κ1) is 13.1.